The molecule has 0 rings (SSSR count). The highest BCUT2D eigenvalue weighted by molar-refractivity contribution is 7.47. The molecule has 3 N–H and O–H groups in total. The third kappa shape index (κ3) is 63.2. The zero-order chi connectivity index (χ0) is 65.6. The molecule has 89 heavy (non-hydrogen) atoms. The highest BCUT2D eigenvalue weighted by atomic mass is 31.2. The number of aliphatic hydroxyl groups excluding tert-OH is 1. The fourth-order valence-electron chi connectivity index (χ4n) is 10.6. The minimum absolute atomic E-state index is 0.105. The van der Waals surface area contributed by atoms with Crippen LogP contribution in [0.5, 0.6) is 0 Å². The Balaban J connectivity index is 5.18. The highest BCUT2D eigenvalue weighted by Gasteiger charge is 2.30. The van der Waals surface area contributed by atoms with Crippen molar-refractivity contribution in [3.8, 4) is 0 Å². The molecule has 0 aromatic rings. The lowest BCUT2D eigenvalue weighted by Crippen LogP contribution is -2.30. The van der Waals surface area contributed by atoms with Crippen molar-refractivity contribution in [2.24, 2.45) is 5.92 Å². The van der Waals surface area contributed by atoms with Crippen molar-refractivity contribution in [1.82, 2.24) is 0 Å². The molecule has 528 valence electrons. The maximum absolute atomic E-state index is 13.0. The predicted molar refractivity (Wildman–Crippen MR) is 358 cm³/mol. The molecule has 19 heteroatoms. The van der Waals surface area contributed by atoms with Gasteiger partial charge < -0.3 is 33.8 Å². The standard InChI is InChI=1S/C70H136O17P2/c1-6-10-13-16-19-22-23-24-25-29-32-35-40-44-49-54-68(73)81-60-66(87-70(75)56-51-46-41-36-33-30-27-26-28-31-34-37-42-47-52-63(5)9-4)62-85-89(78,79)83-58-64(71)57-82-88(76,77)84-61-65(86-69(74)55-50-45-39-21-18-15-12-8-3)59-80-67(72)53-48-43-38-20-17-14-11-7-2/h63-66,71H,6-62H2,1-5H3,(H,76,77)(H,78,79)/t63?,64-,65+,66+/m0/s1. The van der Waals surface area contributed by atoms with Gasteiger partial charge in [0.15, 0.2) is 12.2 Å². The monoisotopic (exact) mass is 1310 g/mol. The molecular formula is C70H136O17P2. The largest absolute Gasteiger partial charge is 0.472 e. The quantitative estimate of drug-likeness (QED) is 0.0222. The Labute approximate surface area is 543 Å². The van der Waals surface area contributed by atoms with Crippen LogP contribution in [0.2, 0.25) is 0 Å². The minimum Gasteiger partial charge on any atom is -0.462 e. The summed E-state index contributed by atoms with van der Waals surface area (Å²) in [5.41, 5.74) is 0. The first-order chi connectivity index (χ1) is 43.1. The molecule has 0 bridgehead atoms. The fourth-order valence-corrected chi connectivity index (χ4v) is 12.2. The summed E-state index contributed by atoms with van der Waals surface area (Å²) in [7, 11) is -9.89. The van der Waals surface area contributed by atoms with Crippen molar-refractivity contribution >= 4 is 39.5 Å². The third-order valence-electron chi connectivity index (χ3n) is 16.6. The number of unbranched alkanes of at least 4 members (excludes halogenated alkanes) is 41. The molecule has 0 aromatic heterocycles. The molecule has 6 atom stereocenters. The lowest BCUT2D eigenvalue weighted by molar-refractivity contribution is -0.161. The van der Waals surface area contributed by atoms with E-state index < -0.39 is 97.5 Å². The van der Waals surface area contributed by atoms with E-state index in [1.54, 1.807) is 0 Å². The number of aliphatic hydroxyl groups is 1. The first-order valence-electron chi connectivity index (χ1n) is 36.7. The van der Waals surface area contributed by atoms with Crippen molar-refractivity contribution in [1.29, 1.82) is 0 Å². The van der Waals surface area contributed by atoms with Gasteiger partial charge in [-0.1, -0.05) is 311 Å². The van der Waals surface area contributed by atoms with Gasteiger partial charge in [-0.3, -0.25) is 37.3 Å². The van der Waals surface area contributed by atoms with E-state index >= 15 is 0 Å². The van der Waals surface area contributed by atoms with Crippen LogP contribution < -0.4 is 0 Å². The number of phosphoric ester groups is 2. The van der Waals surface area contributed by atoms with E-state index in [4.69, 9.17) is 37.0 Å². The van der Waals surface area contributed by atoms with Gasteiger partial charge in [-0.15, -0.1) is 0 Å². The normalized spacial score (nSPS) is 14.4. The average molecular weight is 1310 g/mol. The number of carbonyl (C=O) groups is 4. The molecule has 0 saturated carbocycles. The summed E-state index contributed by atoms with van der Waals surface area (Å²) in [6.07, 6.45) is 50.0. The van der Waals surface area contributed by atoms with Gasteiger partial charge >= 0.3 is 39.5 Å². The van der Waals surface area contributed by atoms with Crippen LogP contribution >= 0.6 is 15.6 Å². The topological polar surface area (TPSA) is 237 Å². The Hall–Kier alpha value is -1.94. The van der Waals surface area contributed by atoms with Crippen molar-refractivity contribution < 1.29 is 80.2 Å². The number of ether oxygens (including phenoxy) is 4. The van der Waals surface area contributed by atoms with Gasteiger partial charge in [0.05, 0.1) is 26.4 Å². The lowest BCUT2D eigenvalue weighted by Gasteiger charge is -2.21. The van der Waals surface area contributed by atoms with E-state index in [1.165, 1.54) is 173 Å². The molecule has 0 fully saturated rings. The first kappa shape index (κ1) is 87.1. The van der Waals surface area contributed by atoms with Crippen LogP contribution in [0.4, 0.5) is 0 Å². The Morgan fingerprint density at radius 1 is 0.315 bits per heavy atom. The van der Waals surface area contributed by atoms with E-state index in [2.05, 4.69) is 34.6 Å². The number of hydrogen-bond donors (Lipinski definition) is 3. The zero-order valence-corrected chi connectivity index (χ0v) is 59.4. The van der Waals surface area contributed by atoms with Crippen LogP contribution in [0.25, 0.3) is 0 Å². The van der Waals surface area contributed by atoms with Crippen molar-refractivity contribution in [2.45, 2.75) is 380 Å². The molecule has 17 nitrogen and oxygen atoms in total. The zero-order valence-electron chi connectivity index (χ0n) is 57.6. The first-order valence-corrected chi connectivity index (χ1v) is 39.7. The number of carbonyl (C=O) groups excluding carboxylic acids is 4. The van der Waals surface area contributed by atoms with Crippen LogP contribution in [-0.2, 0) is 65.4 Å². The van der Waals surface area contributed by atoms with Crippen LogP contribution in [0.15, 0.2) is 0 Å². The predicted octanol–water partition coefficient (Wildman–Crippen LogP) is 20.1. The minimum atomic E-state index is -4.95. The molecule has 0 saturated heterocycles. The van der Waals surface area contributed by atoms with E-state index in [1.807, 2.05) is 0 Å². The van der Waals surface area contributed by atoms with E-state index in [0.29, 0.717) is 25.7 Å². The summed E-state index contributed by atoms with van der Waals surface area (Å²) in [5.74, 6) is -1.28. The number of hydrogen-bond acceptors (Lipinski definition) is 15. The fraction of sp³-hybridized carbons (Fsp3) is 0.943. The van der Waals surface area contributed by atoms with Crippen molar-refractivity contribution in [3.63, 3.8) is 0 Å². The Morgan fingerprint density at radius 2 is 0.539 bits per heavy atom. The maximum atomic E-state index is 13.0. The van der Waals surface area contributed by atoms with E-state index in [-0.39, 0.29) is 25.7 Å². The van der Waals surface area contributed by atoms with Crippen molar-refractivity contribution in [2.75, 3.05) is 39.6 Å². The maximum Gasteiger partial charge on any atom is 0.472 e. The SMILES string of the molecule is CCCCCCCCCCCCCCCCCC(=O)OC[C@H](COP(=O)(O)OC[C@@H](O)COP(=O)(O)OC[C@@H](COC(=O)CCCCCCCCCC)OC(=O)CCCCCCCCCC)OC(=O)CCCCCCCCCCCCCCCCC(C)CC. The number of rotatable bonds is 70. The molecule has 3 unspecified atom stereocenters. The Kier molecular flexibility index (Phi) is 62.1. The molecule has 0 heterocycles. The summed E-state index contributed by atoms with van der Waals surface area (Å²) >= 11 is 0. The van der Waals surface area contributed by atoms with Gasteiger partial charge in [0.1, 0.15) is 19.3 Å². The van der Waals surface area contributed by atoms with E-state index in [9.17, 15) is 43.2 Å². The van der Waals surface area contributed by atoms with Gasteiger partial charge in [0.25, 0.3) is 0 Å². The number of esters is 4. The molecule has 0 amide bonds. The van der Waals surface area contributed by atoms with Crippen LogP contribution in [-0.4, -0.2) is 96.7 Å². The second kappa shape index (κ2) is 63.5. The average Bonchev–Trinajstić information content (AvgIpc) is 3.67. The molecular weight excluding hydrogens is 1170 g/mol. The Morgan fingerprint density at radius 3 is 0.798 bits per heavy atom. The van der Waals surface area contributed by atoms with Crippen LogP contribution in [0.1, 0.15) is 362 Å². The molecule has 0 aromatic carbocycles. The van der Waals surface area contributed by atoms with Crippen LogP contribution in [0, 0.1) is 5.92 Å². The summed E-state index contributed by atoms with van der Waals surface area (Å²) in [6.45, 7) is 7.25. The molecule has 0 aliphatic rings. The summed E-state index contributed by atoms with van der Waals surface area (Å²) in [4.78, 5) is 72.3. The summed E-state index contributed by atoms with van der Waals surface area (Å²) in [5, 5.41) is 10.6. The van der Waals surface area contributed by atoms with E-state index in [0.717, 1.165) is 109 Å². The van der Waals surface area contributed by atoms with Gasteiger partial charge in [-0.05, 0) is 31.6 Å². The third-order valence-corrected chi connectivity index (χ3v) is 18.5. The molecule has 0 aliphatic heterocycles. The second-order valence-electron chi connectivity index (χ2n) is 25.5. The lowest BCUT2D eigenvalue weighted by atomic mass is 9.99. The van der Waals surface area contributed by atoms with Gasteiger partial charge in [-0.2, -0.15) is 0 Å². The number of phosphoric acid groups is 2. The Bertz CT molecular complexity index is 1720. The summed E-state index contributed by atoms with van der Waals surface area (Å²) < 4.78 is 68.1. The smallest absolute Gasteiger partial charge is 0.462 e. The van der Waals surface area contributed by atoms with Crippen molar-refractivity contribution in [3.05, 3.63) is 0 Å². The highest BCUT2D eigenvalue weighted by Crippen LogP contribution is 2.45. The molecule has 0 aliphatic carbocycles. The molecule has 0 radical (unpaired) electrons. The second-order valence-corrected chi connectivity index (χ2v) is 28.4. The summed E-state index contributed by atoms with van der Waals surface area (Å²) in [6, 6.07) is 0. The van der Waals surface area contributed by atoms with Gasteiger partial charge in [-0.25, -0.2) is 9.13 Å². The van der Waals surface area contributed by atoms with Crippen LogP contribution in [0.3, 0.4) is 0 Å². The van der Waals surface area contributed by atoms with Gasteiger partial charge in [0.2, 0.25) is 0 Å². The molecule has 0 spiro atoms. The van der Waals surface area contributed by atoms with Gasteiger partial charge in [0, 0.05) is 25.7 Å².